The third-order valence-electron chi connectivity index (χ3n) is 5.30. The Morgan fingerprint density at radius 1 is 1.14 bits per heavy atom. The molecule has 1 aliphatic heterocycles. The van der Waals surface area contributed by atoms with Crippen LogP contribution in [0.2, 0.25) is 0 Å². The van der Waals surface area contributed by atoms with Gasteiger partial charge in [-0.15, -0.1) is 24.0 Å². The van der Waals surface area contributed by atoms with E-state index in [1.165, 1.54) is 6.07 Å². The van der Waals surface area contributed by atoms with Gasteiger partial charge in [-0.25, -0.2) is 4.39 Å². The summed E-state index contributed by atoms with van der Waals surface area (Å²) in [5, 5.41) is 6.76. The Kier molecular flexibility index (Phi) is 9.16. The van der Waals surface area contributed by atoms with Gasteiger partial charge in [-0.05, 0) is 48.2 Å². The summed E-state index contributed by atoms with van der Waals surface area (Å²) in [5.41, 5.74) is 1.94. The Morgan fingerprint density at radius 3 is 2.59 bits per heavy atom. The Morgan fingerprint density at radius 2 is 1.90 bits per heavy atom. The summed E-state index contributed by atoms with van der Waals surface area (Å²) in [6.45, 7) is 2.65. The summed E-state index contributed by atoms with van der Waals surface area (Å²) >= 11 is 0. The number of nitrogens with zero attached hydrogens (tertiary/aromatic N) is 1. The fourth-order valence-electron chi connectivity index (χ4n) is 3.59. The molecule has 0 bridgehead atoms. The molecule has 0 aromatic heterocycles. The first kappa shape index (κ1) is 23.4. The zero-order valence-electron chi connectivity index (χ0n) is 16.9. The summed E-state index contributed by atoms with van der Waals surface area (Å²) in [7, 11) is 3.41. The van der Waals surface area contributed by atoms with Crippen molar-refractivity contribution in [2.75, 3.05) is 33.9 Å². The Balaban J connectivity index is 0.00000300. The van der Waals surface area contributed by atoms with Crippen molar-refractivity contribution in [2.45, 2.75) is 24.8 Å². The normalized spacial score (nSPS) is 15.9. The van der Waals surface area contributed by atoms with Gasteiger partial charge in [0.25, 0.3) is 0 Å². The summed E-state index contributed by atoms with van der Waals surface area (Å²) < 4.78 is 24.7. The standard InChI is InChI=1S/C22H28FN3O2.HI/c1-24-21(25-15-17-5-3-8-20(13-17)27-2)26-16-22(9-11-28-12-10-22)18-6-4-7-19(23)14-18;/h3-8,13-14H,9-12,15-16H2,1-2H3,(H2,24,25,26);1H. The number of methoxy groups -OCH3 is 1. The van der Waals surface area contributed by atoms with Crippen LogP contribution in [0, 0.1) is 5.82 Å². The van der Waals surface area contributed by atoms with Crippen LogP contribution in [0.4, 0.5) is 4.39 Å². The van der Waals surface area contributed by atoms with Crippen LogP contribution < -0.4 is 15.4 Å². The van der Waals surface area contributed by atoms with Gasteiger partial charge in [-0.1, -0.05) is 24.3 Å². The fourth-order valence-corrected chi connectivity index (χ4v) is 3.59. The first-order chi connectivity index (χ1) is 13.6. The Bertz CT molecular complexity index is 810. The molecule has 3 rings (SSSR count). The Hall–Kier alpha value is -1.87. The molecule has 7 heteroatoms. The van der Waals surface area contributed by atoms with E-state index in [1.54, 1.807) is 26.3 Å². The van der Waals surface area contributed by atoms with Crippen molar-refractivity contribution >= 4 is 29.9 Å². The lowest BCUT2D eigenvalue weighted by Gasteiger charge is -2.38. The SMILES string of the molecule is CN=C(NCc1cccc(OC)c1)NCC1(c2cccc(F)c2)CCOCC1.I. The number of aliphatic imine (C=N–C) groups is 1. The highest BCUT2D eigenvalue weighted by atomic mass is 127. The molecule has 1 saturated heterocycles. The molecule has 0 atom stereocenters. The van der Waals surface area contributed by atoms with Crippen LogP contribution in [0.1, 0.15) is 24.0 Å². The van der Waals surface area contributed by atoms with Gasteiger partial charge in [0.05, 0.1) is 7.11 Å². The topological polar surface area (TPSA) is 54.9 Å². The molecule has 1 aliphatic rings. The number of nitrogens with one attached hydrogen (secondary N) is 2. The highest BCUT2D eigenvalue weighted by Crippen LogP contribution is 2.34. The predicted molar refractivity (Wildman–Crippen MR) is 125 cm³/mol. The molecule has 2 aromatic carbocycles. The van der Waals surface area contributed by atoms with Crippen molar-refractivity contribution in [3.05, 3.63) is 65.5 Å². The molecule has 0 radical (unpaired) electrons. The average Bonchev–Trinajstić information content (AvgIpc) is 2.74. The third kappa shape index (κ3) is 6.30. The van der Waals surface area contributed by atoms with E-state index in [0.29, 0.717) is 32.3 Å². The molecule has 2 aromatic rings. The molecule has 1 fully saturated rings. The summed E-state index contributed by atoms with van der Waals surface area (Å²) in [6, 6.07) is 14.8. The van der Waals surface area contributed by atoms with Crippen LogP contribution in [-0.4, -0.2) is 39.9 Å². The molecular formula is C22H29FIN3O2. The van der Waals surface area contributed by atoms with Gasteiger partial charge in [-0.3, -0.25) is 4.99 Å². The highest BCUT2D eigenvalue weighted by molar-refractivity contribution is 14.0. The number of hydrogen-bond acceptors (Lipinski definition) is 3. The average molecular weight is 513 g/mol. The van der Waals surface area contributed by atoms with Crippen molar-refractivity contribution in [1.82, 2.24) is 10.6 Å². The predicted octanol–water partition coefficient (Wildman–Crippen LogP) is 3.87. The van der Waals surface area contributed by atoms with Crippen molar-refractivity contribution < 1.29 is 13.9 Å². The molecule has 1 heterocycles. The van der Waals surface area contributed by atoms with Gasteiger partial charge in [-0.2, -0.15) is 0 Å². The van der Waals surface area contributed by atoms with Crippen LogP contribution in [0.25, 0.3) is 0 Å². The van der Waals surface area contributed by atoms with Gasteiger partial charge in [0.2, 0.25) is 0 Å². The van der Waals surface area contributed by atoms with E-state index in [0.717, 1.165) is 29.7 Å². The molecule has 2 N–H and O–H groups in total. The highest BCUT2D eigenvalue weighted by Gasteiger charge is 2.34. The minimum atomic E-state index is -0.205. The lowest BCUT2D eigenvalue weighted by molar-refractivity contribution is 0.0513. The van der Waals surface area contributed by atoms with E-state index in [1.807, 2.05) is 30.3 Å². The van der Waals surface area contributed by atoms with E-state index in [2.05, 4.69) is 15.6 Å². The number of guanidine groups is 1. The molecule has 5 nitrogen and oxygen atoms in total. The third-order valence-corrected chi connectivity index (χ3v) is 5.30. The minimum absolute atomic E-state index is 0. The van der Waals surface area contributed by atoms with E-state index in [9.17, 15) is 4.39 Å². The van der Waals surface area contributed by atoms with Crippen LogP contribution >= 0.6 is 24.0 Å². The maximum absolute atomic E-state index is 13.8. The largest absolute Gasteiger partial charge is 0.497 e. The summed E-state index contributed by atoms with van der Waals surface area (Å²) in [6.07, 6.45) is 1.69. The maximum Gasteiger partial charge on any atom is 0.191 e. The van der Waals surface area contributed by atoms with Crippen LogP contribution in [-0.2, 0) is 16.7 Å². The van der Waals surface area contributed by atoms with E-state index >= 15 is 0 Å². The van der Waals surface area contributed by atoms with Gasteiger partial charge in [0.1, 0.15) is 11.6 Å². The molecular weight excluding hydrogens is 484 g/mol. The summed E-state index contributed by atoms with van der Waals surface area (Å²) in [4.78, 5) is 4.33. The van der Waals surface area contributed by atoms with Gasteiger partial charge in [0, 0.05) is 38.8 Å². The smallest absolute Gasteiger partial charge is 0.191 e. The zero-order chi connectivity index (χ0) is 19.8. The lowest BCUT2D eigenvalue weighted by atomic mass is 9.74. The number of rotatable bonds is 6. The first-order valence-electron chi connectivity index (χ1n) is 9.56. The van der Waals surface area contributed by atoms with Crippen LogP contribution in [0.5, 0.6) is 5.75 Å². The fraction of sp³-hybridized carbons (Fsp3) is 0.409. The number of hydrogen-bond donors (Lipinski definition) is 2. The zero-order valence-corrected chi connectivity index (χ0v) is 19.2. The second kappa shape index (κ2) is 11.3. The molecule has 0 amide bonds. The maximum atomic E-state index is 13.8. The number of halogens is 2. The molecule has 0 spiro atoms. The van der Waals surface area contributed by atoms with E-state index in [-0.39, 0.29) is 35.2 Å². The van der Waals surface area contributed by atoms with Crippen LogP contribution in [0.3, 0.4) is 0 Å². The monoisotopic (exact) mass is 513 g/mol. The van der Waals surface area contributed by atoms with E-state index < -0.39 is 0 Å². The minimum Gasteiger partial charge on any atom is -0.497 e. The van der Waals surface area contributed by atoms with Crippen molar-refractivity contribution in [3.8, 4) is 5.75 Å². The van der Waals surface area contributed by atoms with Crippen LogP contribution in [0.15, 0.2) is 53.5 Å². The van der Waals surface area contributed by atoms with Crippen molar-refractivity contribution in [1.29, 1.82) is 0 Å². The second-order valence-electron chi connectivity index (χ2n) is 7.03. The molecule has 29 heavy (non-hydrogen) atoms. The molecule has 158 valence electrons. The molecule has 0 saturated carbocycles. The van der Waals surface area contributed by atoms with Crippen molar-refractivity contribution in [3.63, 3.8) is 0 Å². The number of benzene rings is 2. The van der Waals surface area contributed by atoms with Gasteiger partial charge < -0.3 is 20.1 Å². The van der Waals surface area contributed by atoms with E-state index in [4.69, 9.17) is 9.47 Å². The Labute approximate surface area is 189 Å². The van der Waals surface area contributed by atoms with Crippen molar-refractivity contribution in [2.24, 2.45) is 4.99 Å². The molecule has 0 aliphatic carbocycles. The lowest BCUT2D eigenvalue weighted by Crippen LogP contribution is -2.48. The van der Waals surface area contributed by atoms with Gasteiger partial charge >= 0.3 is 0 Å². The number of ether oxygens (including phenoxy) is 2. The summed E-state index contributed by atoms with van der Waals surface area (Å²) in [5.74, 6) is 1.34. The van der Waals surface area contributed by atoms with Gasteiger partial charge in [0.15, 0.2) is 5.96 Å². The molecule has 0 unspecified atom stereocenters. The first-order valence-corrected chi connectivity index (χ1v) is 9.56. The quantitative estimate of drug-likeness (QED) is 0.350. The second-order valence-corrected chi connectivity index (χ2v) is 7.03.